The third-order valence-corrected chi connectivity index (χ3v) is 4.54. The lowest BCUT2D eigenvalue weighted by atomic mass is 10.0. The topological polar surface area (TPSA) is 12.0 Å². The van der Waals surface area contributed by atoms with Crippen LogP contribution in [0.15, 0.2) is 34.1 Å². The molecular weight excluding hydrogens is 320 g/mol. The standard InChI is InChI=1S/C13H12BrF2NS/c1-2-17-12(13-9(14)6-7-18-13)8-4-3-5-10(15)11(8)16/h3-7,12,17H,2H2,1H3. The van der Waals surface area contributed by atoms with Gasteiger partial charge in [0.2, 0.25) is 0 Å². The molecular formula is C13H12BrF2NS. The molecule has 0 spiro atoms. The highest BCUT2D eigenvalue weighted by Crippen LogP contribution is 2.34. The van der Waals surface area contributed by atoms with Crippen molar-refractivity contribution in [2.75, 3.05) is 6.54 Å². The van der Waals surface area contributed by atoms with Crippen LogP contribution in [0.5, 0.6) is 0 Å². The maximum absolute atomic E-state index is 13.9. The summed E-state index contributed by atoms with van der Waals surface area (Å²) in [6.07, 6.45) is 0. The minimum atomic E-state index is -0.817. The van der Waals surface area contributed by atoms with Gasteiger partial charge in [-0.15, -0.1) is 11.3 Å². The van der Waals surface area contributed by atoms with Crippen LogP contribution in [0.4, 0.5) is 8.78 Å². The number of nitrogens with one attached hydrogen (secondary N) is 1. The molecule has 0 amide bonds. The number of halogens is 3. The van der Waals surface area contributed by atoms with E-state index in [1.165, 1.54) is 17.4 Å². The second-order valence-electron chi connectivity index (χ2n) is 3.77. The van der Waals surface area contributed by atoms with Crippen LogP contribution in [0.3, 0.4) is 0 Å². The highest BCUT2D eigenvalue weighted by atomic mass is 79.9. The molecule has 1 aromatic heterocycles. The summed E-state index contributed by atoms with van der Waals surface area (Å²) in [6.45, 7) is 2.61. The largest absolute Gasteiger partial charge is 0.306 e. The second-order valence-corrected chi connectivity index (χ2v) is 5.57. The maximum atomic E-state index is 13.9. The first-order chi connectivity index (χ1) is 8.65. The van der Waals surface area contributed by atoms with Gasteiger partial charge in [-0.3, -0.25) is 0 Å². The van der Waals surface area contributed by atoms with Crippen molar-refractivity contribution < 1.29 is 8.78 Å². The summed E-state index contributed by atoms with van der Waals surface area (Å²) in [6, 6.07) is 5.84. The lowest BCUT2D eigenvalue weighted by Gasteiger charge is -2.18. The van der Waals surface area contributed by atoms with Gasteiger partial charge in [-0.1, -0.05) is 19.1 Å². The number of hydrogen-bond acceptors (Lipinski definition) is 2. The Hall–Kier alpha value is -0.780. The number of rotatable bonds is 4. The van der Waals surface area contributed by atoms with Gasteiger partial charge in [-0.05, 0) is 40.0 Å². The summed E-state index contributed by atoms with van der Waals surface area (Å²) in [5, 5.41) is 5.10. The molecule has 0 fully saturated rings. The van der Waals surface area contributed by atoms with Crippen molar-refractivity contribution in [3.05, 3.63) is 56.2 Å². The number of benzene rings is 1. The Morgan fingerprint density at radius 1 is 1.33 bits per heavy atom. The molecule has 0 saturated carbocycles. The van der Waals surface area contributed by atoms with Gasteiger partial charge < -0.3 is 5.32 Å². The van der Waals surface area contributed by atoms with E-state index >= 15 is 0 Å². The molecule has 0 aliphatic carbocycles. The van der Waals surface area contributed by atoms with E-state index in [0.717, 1.165) is 15.4 Å². The van der Waals surface area contributed by atoms with Gasteiger partial charge in [0, 0.05) is 14.9 Å². The van der Waals surface area contributed by atoms with Gasteiger partial charge in [0.25, 0.3) is 0 Å². The fourth-order valence-electron chi connectivity index (χ4n) is 1.80. The molecule has 2 rings (SSSR count). The third-order valence-electron chi connectivity index (χ3n) is 2.61. The van der Waals surface area contributed by atoms with Crippen LogP contribution in [0.25, 0.3) is 0 Å². The molecule has 0 aliphatic rings. The summed E-state index contributed by atoms with van der Waals surface area (Å²) < 4.78 is 28.1. The van der Waals surface area contributed by atoms with Gasteiger partial charge in [-0.25, -0.2) is 8.78 Å². The molecule has 0 aliphatic heterocycles. The third kappa shape index (κ3) is 2.63. The highest BCUT2D eigenvalue weighted by molar-refractivity contribution is 9.10. The average Bonchev–Trinajstić information content (AvgIpc) is 2.76. The smallest absolute Gasteiger partial charge is 0.163 e. The van der Waals surface area contributed by atoms with Crippen molar-refractivity contribution >= 4 is 27.3 Å². The van der Waals surface area contributed by atoms with E-state index in [0.29, 0.717) is 12.1 Å². The maximum Gasteiger partial charge on any atom is 0.163 e. The van der Waals surface area contributed by atoms with E-state index in [9.17, 15) is 8.78 Å². The molecule has 1 unspecified atom stereocenters. The molecule has 0 radical (unpaired) electrons. The van der Waals surface area contributed by atoms with Gasteiger partial charge in [0.15, 0.2) is 11.6 Å². The van der Waals surface area contributed by atoms with E-state index in [1.54, 1.807) is 6.07 Å². The Balaban J connectivity index is 2.48. The number of thiophene rings is 1. The van der Waals surface area contributed by atoms with Crippen LogP contribution in [0.2, 0.25) is 0 Å². The van der Waals surface area contributed by atoms with Crippen LogP contribution in [-0.4, -0.2) is 6.54 Å². The molecule has 1 atom stereocenters. The van der Waals surface area contributed by atoms with Crippen LogP contribution < -0.4 is 5.32 Å². The van der Waals surface area contributed by atoms with Gasteiger partial charge in [-0.2, -0.15) is 0 Å². The molecule has 5 heteroatoms. The minimum Gasteiger partial charge on any atom is -0.306 e. The minimum absolute atomic E-state index is 0.333. The first-order valence-corrected chi connectivity index (χ1v) is 7.22. The summed E-state index contributed by atoms with van der Waals surface area (Å²) >= 11 is 4.94. The van der Waals surface area contributed by atoms with Crippen LogP contribution in [-0.2, 0) is 0 Å². The summed E-state index contributed by atoms with van der Waals surface area (Å²) in [5.41, 5.74) is 0.333. The summed E-state index contributed by atoms with van der Waals surface area (Å²) in [5.74, 6) is -1.60. The Bertz CT molecular complexity index is 542. The Labute approximate surface area is 117 Å². The first kappa shape index (κ1) is 13.6. The van der Waals surface area contributed by atoms with Crippen LogP contribution in [0.1, 0.15) is 23.4 Å². The normalized spacial score (nSPS) is 12.7. The lowest BCUT2D eigenvalue weighted by Crippen LogP contribution is -2.22. The van der Waals surface area contributed by atoms with Crippen molar-refractivity contribution in [3.8, 4) is 0 Å². The highest BCUT2D eigenvalue weighted by Gasteiger charge is 2.22. The van der Waals surface area contributed by atoms with E-state index in [2.05, 4.69) is 21.2 Å². The first-order valence-electron chi connectivity index (χ1n) is 5.55. The lowest BCUT2D eigenvalue weighted by molar-refractivity contribution is 0.484. The summed E-state index contributed by atoms with van der Waals surface area (Å²) in [7, 11) is 0. The van der Waals surface area contributed by atoms with Crippen molar-refractivity contribution in [2.45, 2.75) is 13.0 Å². The van der Waals surface area contributed by atoms with Crippen molar-refractivity contribution in [2.24, 2.45) is 0 Å². The van der Waals surface area contributed by atoms with E-state index in [-0.39, 0.29) is 6.04 Å². The van der Waals surface area contributed by atoms with Gasteiger partial charge >= 0.3 is 0 Å². The SMILES string of the molecule is CCNC(c1cccc(F)c1F)c1sccc1Br. The molecule has 96 valence electrons. The van der Waals surface area contributed by atoms with Crippen molar-refractivity contribution in [1.29, 1.82) is 0 Å². The predicted octanol–water partition coefficient (Wildman–Crippen LogP) is 4.49. The van der Waals surface area contributed by atoms with Crippen molar-refractivity contribution in [3.63, 3.8) is 0 Å². The average molecular weight is 332 g/mol. The predicted molar refractivity (Wildman–Crippen MR) is 73.9 cm³/mol. The quantitative estimate of drug-likeness (QED) is 0.870. The van der Waals surface area contributed by atoms with Crippen LogP contribution in [0, 0.1) is 11.6 Å². The Morgan fingerprint density at radius 2 is 2.11 bits per heavy atom. The molecule has 1 aromatic carbocycles. The van der Waals surface area contributed by atoms with E-state index < -0.39 is 11.6 Å². The van der Waals surface area contributed by atoms with E-state index in [4.69, 9.17) is 0 Å². The molecule has 1 N–H and O–H groups in total. The zero-order chi connectivity index (χ0) is 13.1. The van der Waals surface area contributed by atoms with Crippen molar-refractivity contribution in [1.82, 2.24) is 5.32 Å². The zero-order valence-corrected chi connectivity index (χ0v) is 12.1. The molecule has 1 nitrogen and oxygen atoms in total. The van der Waals surface area contributed by atoms with Crippen LogP contribution >= 0.6 is 27.3 Å². The fraction of sp³-hybridized carbons (Fsp3) is 0.231. The zero-order valence-electron chi connectivity index (χ0n) is 9.71. The molecule has 0 saturated heterocycles. The number of hydrogen-bond donors (Lipinski definition) is 1. The van der Waals surface area contributed by atoms with Gasteiger partial charge in [0.05, 0.1) is 6.04 Å². The Morgan fingerprint density at radius 3 is 2.72 bits per heavy atom. The second kappa shape index (κ2) is 5.91. The fourth-order valence-corrected chi connectivity index (χ4v) is 3.50. The summed E-state index contributed by atoms with van der Waals surface area (Å²) in [4.78, 5) is 0.946. The van der Waals surface area contributed by atoms with E-state index in [1.807, 2.05) is 18.4 Å². The van der Waals surface area contributed by atoms with Gasteiger partial charge in [0.1, 0.15) is 0 Å². The molecule has 1 heterocycles. The monoisotopic (exact) mass is 331 g/mol. The Kier molecular flexibility index (Phi) is 4.48. The molecule has 2 aromatic rings. The molecule has 0 bridgehead atoms. The molecule has 18 heavy (non-hydrogen) atoms.